The van der Waals surface area contributed by atoms with Gasteiger partial charge in [-0.05, 0) is 12.1 Å². The Morgan fingerprint density at radius 1 is 1.40 bits per heavy atom. The van der Waals surface area contributed by atoms with Crippen molar-refractivity contribution in [2.45, 2.75) is 12.5 Å². The Kier molecular flexibility index (Phi) is 5.29. The van der Waals surface area contributed by atoms with E-state index in [1.807, 2.05) is 0 Å². The molecule has 0 fully saturated rings. The largest absolute Gasteiger partial charge is 0.363 e. The Morgan fingerprint density at radius 2 is 2.08 bits per heavy atom. The summed E-state index contributed by atoms with van der Waals surface area (Å²) in [5.41, 5.74) is 5.21. The number of hydrogen-bond donors (Lipinski definition) is 2. The van der Waals surface area contributed by atoms with Crippen LogP contribution in [0.25, 0.3) is 11.3 Å². The average Bonchev–Trinajstić information content (AvgIpc) is 2.95. The number of halogens is 1. The van der Waals surface area contributed by atoms with Gasteiger partial charge in [0.15, 0.2) is 0 Å². The van der Waals surface area contributed by atoms with Crippen molar-refractivity contribution in [1.82, 2.24) is 15.1 Å². The zero-order chi connectivity index (χ0) is 18.6. The van der Waals surface area contributed by atoms with Gasteiger partial charge in [-0.25, -0.2) is 4.39 Å². The first-order valence-corrected chi connectivity index (χ1v) is 7.21. The zero-order valence-corrected chi connectivity index (χ0v) is 13.3. The molecule has 2 amide bonds. The number of nitrogens with two attached hydrogens (primary N) is 1. The summed E-state index contributed by atoms with van der Waals surface area (Å²) >= 11 is 0. The van der Waals surface area contributed by atoms with Crippen LogP contribution < -0.4 is 11.1 Å². The Hall–Kier alpha value is -3.47. The molecule has 0 unspecified atom stereocenters. The fourth-order valence-electron chi connectivity index (χ4n) is 2.24. The highest BCUT2D eigenvalue weighted by Gasteiger charge is 2.27. The van der Waals surface area contributed by atoms with Crippen molar-refractivity contribution in [3.8, 4) is 23.6 Å². The van der Waals surface area contributed by atoms with E-state index < -0.39 is 29.5 Å². The minimum Gasteiger partial charge on any atom is -0.363 e. The minimum atomic E-state index is -1.26. The maximum absolute atomic E-state index is 14.0. The van der Waals surface area contributed by atoms with Crippen molar-refractivity contribution < 1.29 is 18.8 Å². The van der Waals surface area contributed by atoms with Gasteiger partial charge in [0, 0.05) is 25.2 Å². The third-order valence-corrected chi connectivity index (χ3v) is 3.39. The molecule has 0 aliphatic rings. The number of nitrogens with one attached hydrogen (secondary N) is 1. The highest BCUT2D eigenvalue weighted by Crippen LogP contribution is 2.24. The smallest absolute Gasteiger partial charge is 0.287 e. The Bertz CT molecular complexity index is 882. The molecule has 1 aromatic heterocycles. The highest BCUT2D eigenvalue weighted by atomic mass is 19.1. The Morgan fingerprint density at radius 3 is 2.68 bits per heavy atom. The molecule has 1 atom stereocenters. The standard InChI is InChI=1S/C17H15FN4O3/c1-3-6-13(15(23)16(19)24)20-17(25)11-9-22(2)21-14(11)10-7-4-5-8-12(10)18/h1,4-5,7-9,13H,6H2,2H3,(H2,19,24)(H,20,25)/t13-/m0/s1. The van der Waals surface area contributed by atoms with Crippen LogP contribution in [0.15, 0.2) is 30.5 Å². The van der Waals surface area contributed by atoms with Crippen molar-refractivity contribution in [1.29, 1.82) is 0 Å². The van der Waals surface area contributed by atoms with Crippen molar-refractivity contribution >= 4 is 17.6 Å². The normalized spacial score (nSPS) is 11.4. The number of hydrogen-bond acceptors (Lipinski definition) is 4. The van der Waals surface area contributed by atoms with Crippen LogP contribution in [-0.2, 0) is 16.6 Å². The summed E-state index contributed by atoms with van der Waals surface area (Å²) < 4.78 is 15.4. The molecule has 8 heteroatoms. The molecule has 128 valence electrons. The van der Waals surface area contributed by atoms with Crippen LogP contribution in [0.1, 0.15) is 16.8 Å². The summed E-state index contributed by atoms with van der Waals surface area (Å²) in [4.78, 5) is 35.3. The molecule has 25 heavy (non-hydrogen) atoms. The first kappa shape index (κ1) is 17.9. The van der Waals surface area contributed by atoms with E-state index in [0.29, 0.717) is 0 Å². The van der Waals surface area contributed by atoms with Crippen LogP contribution in [0.4, 0.5) is 4.39 Å². The molecule has 1 heterocycles. The second-order valence-corrected chi connectivity index (χ2v) is 5.21. The molecule has 0 spiro atoms. The number of primary amides is 1. The van der Waals surface area contributed by atoms with E-state index in [2.05, 4.69) is 16.3 Å². The number of rotatable bonds is 6. The molecule has 7 nitrogen and oxygen atoms in total. The molecule has 0 bridgehead atoms. The summed E-state index contributed by atoms with van der Waals surface area (Å²) in [6, 6.07) is 4.57. The summed E-state index contributed by atoms with van der Waals surface area (Å²) in [6.45, 7) is 0. The van der Waals surface area contributed by atoms with Crippen LogP contribution in [-0.4, -0.2) is 33.4 Å². The number of carbonyl (C=O) groups is 3. The quantitative estimate of drug-likeness (QED) is 0.585. The second kappa shape index (κ2) is 7.40. The maximum Gasteiger partial charge on any atom is 0.287 e. The van der Waals surface area contributed by atoms with Crippen molar-refractivity contribution in [2.24, 2.45) is 12.8 Å². The molecular formula is C17H15FN4O3. The minimum absolute atomic E-state index is 0.0342. The third-order valence-electron chi connectivity index (χ3n) is 3.39. The molecule has 0 radical (unpaired) electrons. The summed E-state index contributed by atoms with van der Waals surface area (Å²) in [5.74, 6) is -1.30. The molecule has 0 saturated carbocycles. The Labute approximate surface area is 143 Å². The summed E-state index contributed by atoms with van der Waals surface area (Å²) in [5, 5.41) is 6.45. The predicted molar refractivity (Wildman–Crippen MR) is 87.5 cm³/mol. The van der Waals surface area contributed by atoms with Crippen molar-refractivity contribution in [3.05, 3.63) is 41.8 Å². The number of terminal acetylenes is 1. The van der Waals surface area contributed by atoms with Gasteiger partial charge < -0.3 is 11.1 Å². The molecule has 0 aliphatic heterocycles. The molecule has 0 aliphatic carbocycles. The van der Waals surface area contributed by atoms with Crippen molar-refractivity contribution in [3.63, 3.8) is 0 Å². The number of ketones is 1. The number of aryl methyl sites for hydroxylation is 1. The van der Waals surface area contributed by atoms with Crippen LogP contribution in [0.5, 0.6) is 0 Å². The van der Waals surface area contributed by atoms with Gasteiger partial charge in [0.25, 0.3) is 11.8 Å². The van der Waals surface area contributed by atoms with E-state index >= 15 is 0 Å². The van der Waals surface area contributed by atoms with Gasteiger partial charge in [-0.2, -0.15) is 5.10 Å². The van der Waals surface area contributed by atoms with E-state index in [-0.39, 0.29) is 23.2 Å². The number of amides is 2. The lowest BCUT2D eigenvalue weighted by atomic mass is 10.1. The maximum atomic E-state index is 14.0. The lowest BCUT2D eigenvalue weighted by Crippen LogP contribution is -2.45. The first-order chi connectivity index (χ1) is 11.8. The summed E-state index contributed by atoms with van der Waals surface area (Å²) in [6.07, 6.45) is 6.32. The number of nitrogens with zero attached hydrogens (tertiary/aromatic N) is 2. The van der Waals surface area contributed by atoms with E-state index in [9.17, 15) is 18.8 Å². The SMILES string of the molecule is C#CC[C@H](NC(=O)c1cn(C)nc1-c1ccccc1F)C(=O)C(N)=O. The average molecular weight is 342 g/mol. The monoisotopic (exact) mass is 342 g/mol. The molecule has 1 aromatic carbocycles. The summed E-state index contributed by atoms with van der Waals surface area (Å²) in [7, 11) is 1.56. The van der Waals surface area contributed by atoms with Gasteiger partial charge in [-0.1, -0.05) is 12.1 Å². The predicted octanol–water partition coefficient (Wildman–Crippen LogP) is 0.402. The van der Waals surface area contributed by atoms with E-state index in [1.165, 1.54) is 29.1 Å². The highest BCUT2D eigenvalue weighted by molar-refractivity contribution is 6.38. The molecule has 3 N–H and O–H groups in total. The van der Waals surface area contributed by atoms with Gasteiger partial charge in [-0.15, -0.1) is 12.3 Å². The molecule has 2 rings (SSSR count). The Balaban J connectivity index is 2.37. The number of aromatic nitrogens is 2. The van der Waals surface area contributed by atoms with Crippen LogP contribution in [0.2, 0.25) is 0 Å². The van der Waals surface area contributed by atoms with Gasteiger partial charge in [0.1, 0.15) is 17.6 Å². The molecule has 2 aromatic rings. The third kappa shape index (κ3) is 3.90. The lowest BCUT2D eigenvalue weighted by Gasteiger charge is -2.13. The molecule has 0 saturated heterocycles. The van der Waals surface area contributed by atoms with Crippen LogP contribution >= 0.6 is 0 Å². The fraction of sp³-hybridized carbons (Fsp3) is 0.176. The first-order valence-electron chi connectivity index (χ1n) is 7.21. The zero-order valence-electron chi connectivity index (χ0n) is 13.3. The van der Waals surface area contributed by atoms with Gasteiger partial charge in [0.05, 0.1) is 5.56 Å². The van der Waals surface area contributed by atoms with Gasteiger partial charge in [0.2, 0.25) is 5.78 Å². The second-order valence-electron chi connectivity index (χ2n) is 5.21. The number of benzene rings is 1. The van der Waals surface area contributed by atoms with Crippen LogP contribution in [0, 0.1) is 18.2 Å². The topological polar surface area (TPSA) is 107 Å². The van der Waals surface area contributed by atoms with Crippen LogP contribution in [0.3, 0.4) is 0 Å². The molecular weight excluding hydrogens is 327 g/mol. The van der Waals surface area contributed by atoms with Crippen molar-refractivity contribution in [2.75, 3.05) is 0 Å². The van der Waals surface area contributed by atoms with E-state index in [1.54, 1.807) is 13.1 Å². The van der Waals surface area contributed by atoms with Gasteiger partial charge in [-0.3, -0.25) is 19.1 Å². The number of Topliss-reactive ketones (excluding diaryl/α,β-unsaturated/α-hetero) is 1. The number of carbonyl (C=O) groups excluding carboxylic acids is 3. The van der Waals surface area contributed by atoms with Gasteiger partial charge >= 0.3 is 0 Å². The lowest BCUT2D eigenvalue weighted by molar-refractivity contribution is -0.137. The van der Waals surface area contributed by atoms with E-state index in [4.69, 9.17) is 12.2 Å². The van der Waals surface area contributed by atoms with E-state index in [0.717, 1.165) is 0 Å². The fourth-order valence-corrected chi connectivity index (χ4v) is 2.24.